The molecule has 2 aromatic carbocycles. The Morgan fingerprint density at radius 1 is 1.00 bits per heavy atom. The maximum atomic E-state index is 8.92. The van der Waals surface area contributed by atoms with Gasteiger partial charge in [-0.05, 0) is 50.1 Å². The van der Waals surface area contributed by atoms with Crippen molar-refractivity contribution in [3.05, 3.63) is 64.2 Å². The number of thioether (sulfide) groups is 1. The number of hydrogen-bond acceptors (Lipinski definition) is 2. The molecule has 0 fully saturated rings. The summed E-state index contributed by atoms with van der Waals surface area (Å²) in [6, 6.07) is 14.9. The van der Waals surface area contributed by atoms with Gasteiger partial charge >= 0.3 is 0 Å². The van der Waals surface area contributed by atoms with Crippen LogP contribution in [0, 0.1) is 32.1 Å². The Labute approximate surface area is 119 Å². The summed E-state index contributed by atoms with van der Waals surface area (Å²) < 4.78 is 0. The third-order valence-electron chi connectivity index (χ3n) is 3.01. The Kier molecular flexibility index (Phi) is 4.29. The van der Waals surface area contributed by atoms with Crippen molar-refractivity contribution in [1.82, 2.24) is 0 Å². The first-order valence-corrected chi connectivity index (χ1v) is 7.28. The van der Waals surface area contributed by atoms with Crippen molar-refractivity contribution in [2.75, 3.05) is 0 Å². The quantitative estimate of drug-likeness (QED) is 0.747. The Balaban J connectivity index is 2.10. The van der Waals surface area contributed by atoms with Gasteiger partial charge < -0.3 is 0 Å². The minimum Gasteiger partial charge on any atom is -0.192 e. The van der Waals surface area contributed by atoms with Crippen LogP contribution < -0.4 is 0 Å². The van der Waals surface area contributed by atoms with Crippen LogP contribution in [0.5, 0.6) is 0 Å². The standard InChI is InChI=1S/C17H17NS/c1-12-6-13(2)8-15(7-12)11-19-17-5-4-16(10-18)14(3)9-17/h4-9H,11H2,1-3H3. The summed E-state index contributed by atoms with van der Waals surface area (Å²) in [5.41, 5.74) is 5.78. The first kappa shape index (κ1) is 13.7. The lowest BCUT2D eigenvalue weighted by atomic mass is 10.1. The lowest BCUT2D eigenvalue weighted by molar-refractivity contribution is 1.28. The molecule has 0 saturated carbocycles. The molecule has 0 saturated heterocycles. The molecule has 0 bridgehead atoms. The Morgan fingerprint density at radius 3 is 2.26 bits per heavy atom. The fraction of sp³-hybridized carbons (Fsp3) is 0.235. The summed E-state index contributed by atoms with van der Waals surface area (Å²) in [4.78, 5) is 1.22. The molecule has 1 nitrogen and oxygen atoms in total. The van der Waals surface area contributed by atoms with Crippen molar-refractivity contribution in [2.45, 2.75) is 31.4 Å². The fourth-order valence-corrected chi connectivity index (χ4v) is 3.09. The molecule has 0 heterocycles. The van der Waals surface area contributed by atoms with Crippen molar-refractivity contribution < 1.29 is 0 Å². The van der Waals surface area contributed by atoms with E-state index in [1.54, 1.807) is 0 Å². The Morgan fingerprint density at radius 2 is 1.68 bits per heavy atom. The highest BCUT2D eigenvalue weighted by Crippen LogP contribution is 2.25. The second kappa shape index (κ2) is 5.95. The molecule has 2 aromatic rings. The van der Waals surface area contributed by atoms with Gasteiger partial charge in [-0.2, -0.15) is 5.26 Å². The summed E-state index contributed by atoms with van der Waals surface area (Å²) in [5.74, 6) is 0.966. The summed E-state index contributed by atoms with van der Waals surface area (Å²) in [7, 11) is 0. The van der Waals surface area contributed by atoms with E-state index in [0.29, 0.717) is 0 Å². The zero-order valence-corrected chi connectivity index (χ0v) is 12.3. The lowest BCUT2D eigenvalue weighted by Crippen LogP contribution is -1.86. The molecule has 0 radical (unpaired) electrons. The minimum absolute atomic E-state index is 0.760. The molecule has 0 N–H and O–H groups in total. The molecule has 0 atom stereocenters. The number of nitrogens with zero attached hydrogens (tertiary/aromatic N) is 1. The topological polar surface area (TPSA) is 23.8 Å². The lowest BCUT2D eigenvalue weighted by Gasteiger charge is -2.06. The smallest absolute Gasteiger partial charge is 0.0994 e. The molecule has 0 spiro atoms. The number of nitriles is 1. The number of hydrogen-bond donors (Lipinski definition) is 0. The molecule has 0 aliphatic heterocycles. The van der Waals surface area contributed by atoms with E-state index >= 15 is 0 Å². The van der Waals surface area contributed by atoms with E-state index in [1.165, 1.54) is 21.6 Å². The highest BCUT2D eigenvalue weighted by molar-refractivity contribution is 7.98. The Bertz CT molecular complexity index is 618. The van der Waals surface area contributed by atoms with Crippen molar-refractivity contribution in [1.29, 1.82) is 5.26 Å². The van der Waals surface area contributed by atoms with E-state index < -0.39 is 0 Å². The third-order valence-corrected chi connectivity index (χ3v) is 4.07. The van der Waals surface area contributed by atoms with Gasteiger partial charge in [-0.15, -0.1) is 11.8 Å². The minimum atomic E-state index is 0.760. The van der Waals surface area contributed by atoms with Gasteiger partial charge in [0.05, 0.1) is 11.6 Å². The molecule has 0 amide bonds. The zero-order chi connectivity index (χ0) is 13.8. The maximum absolute atomic E-state index is 8.92. The summed E-state index contributed by atoms with van der Waals surface area (Å²) in [6.45, 7) is 6.25. The van der Waals surface area contributed by atoms with Gasteiger partial charge in [-0.25, -0.2) is 0 Å². The normalized spacial score (nSPS) is 10.2. The molecule has 0 aliphatic carbocycles. The first-order chi connectivity index (χ1) is 9.08. The summed E-state index contributed by atoms with van der Waals surface area (Å²) in [5, 5.41) is 8.92. The zero-order valence-electron chi connectivity index (χ0n) is 11.5. The number of benzene rings is 2. The number of rotatable bonds is 3. The largest absolute Gasteiger partial charge is 0.192 e. The van der Waals surface area contributed by atoms with Crippen LogP contribution in [0.3, 0.4) is 0 Å². The van der Waals surface area contributed by atoms with Crippen LogP contribution in [0.4, 0.5) is 0 Å². The second-order valence-electron chi connectivity index (χ2n) is 4.87. The van der Waals surface area contributed by atoms with E-state index in [1.807, 2.05) is 30.8 Å². The van der Waals surface area contributed by atoms with Gasteiger partial charge in [0, 0.05) is 10.6 Å². The van der Waals surface area contributed by atoms with Crippen LogP contribution in [0.2, 0.25) is 0 Å². The average molecular weight is 267 g/mol. The van der Waals surface area contributed by atoms with E-state index in [9.17, 15) is 0 Å². The van der Waals surface area contributed by atoms with Crippen LogP contribution in [0.25, 0.3) is 0 Å². The molecular formula is C17H17NS. The maximum Gasteiger partial charge on any atom is 0.0994 e. The van der Waals surface area contributed by atoms with Gasteiger partial charge in [0.15, 0.2) is 0 Å². The van der Waals surface area contributed by atoms with Crippen molar-refractivity contribution in [3.63, 3.8) is 0 Å². The van der Waals surface area contributed by atoms with Crippen molar-refractivity contribution in [3.8, 4) is 6.07 Å². The highest BCUT2D eigenvalue weighted by Gasteiger charge is 2.01. The van der Waals surface area contributed by atoms with E-state index in [4.69, 9.17) is 5.26 Å². The van der Waals surface area contributed by atoms with Gasteiger partial charge in [-0.1, -0.05) is 29.3 Å². The number of aryl methyl sites for hydroxylation is 3. The summed E-state index contributed by atoms with van der Waals surface area (Å²) in [6.07, 6.45) is 0. The predicted octanol–water partition coefficient (Wildman–Crippen LogP) is 4.78. The molecule has 96 valence electrons. The average Bonchev–Trinajstić information content (AvgIpc) is 2.35. The van der Waals surface area contributed by atoms with Crippen LogP contribution >= 0.6 is 11.8 Å². The van der Waals surface area contributed by atoms with Crippen LogP contribution in [-0.2, 0) is 5.75 Å². The van der Waals surface area contributed by atoms with Gasteiger partial charge in [0.1, 0.15) is 0 Å². The SMILES string of the molecule is Cc1cc(C)cc(CSc2ccc(C#N)c(C)c2)c1. The summed E-state index contributed by atoms with van der Waals surface area (Å²) >= 11 is 1.81. The third kappa shape index (κ3) is 3.62. The second-order valence-corrected chi connectivity index (χ2v) is 5.92. The molecule has 0 aromatic heterocycles. The molecular weight excluding hydrogens is 250 g/mol. The van der Waals surface area contributed by atoms with Crippen molar-refractivity contribution >= 4 is 11.8 Å². The fourth-order valence-electron chi connectivity index (χ4n) is 2.17. The van der Waals surface area contributed by atoms with Gasteiger partial charge in [0.25, 0.3) is 0 Å². The molecule has 2 heteroatoms. The van der Waals surface area contributed by atoms with Gasteiger partial charge in [-0.3, -0.25) is 0 Å². The predicted molar refractivity (Wildman–Crippen MR) is 81.4 cm³/mol. The van der Waals surface area contributed by atoms with E-state index in [-0.39, 0.29) is 0 Å². The van der Waals surface area contributed by atoms with Crippen LogP contribution in [0.1, 0.15) is 27.8 Å². The van der Waals surface area contributed by atoms with Crippen LogP contribution in [-0.4, -0.2) is 0 Å². The van der Waals surface area contributed by atoms with E-state index in [0.717, 1.165) is 16.9 Å². The monoisotopic (exact) mass is 267 g/mol. The Hall–Kier alpha value is -1.72. The molecule has 0 aliphatic rings. The molecule has 0 unspecified atom stereocenters. The first-order valence-electron chi connectivity index (χ1n) is 6.29. The van der Waals surface area contributed by atoms with Crippen molar-refractivity contribution in [2.24, 2.45) is 0 Å². The molecule has 2 rings (SSSR count). The highest BCUT2D eigenvalue weighted by atomic mass is 32.2. The van der Waals surface area contributed by atoms with E-state index in [2.05, 4.69) is 44.2 Å². The van der Waals surface area contributed by atoms with Crippen LogP contribution in [0.15, 0.2) is 41.3 Å². The molecule has 19 heavy (non-hydrogen) atoms. The van der Waals surface area contributed by atoms with Gasteiger partial charge in [0.2, 0.25) is 0 Å².